The minimum absolute atomic E-state index is 0.0782. The van der Waals surface area contributed by atoms with Crippen LogP contribution in [-0.2, 0) is 0 Å². The van der Waals surface area contributed by atoms with Crippen LogP contribution < -0.4 is 4.90 Å². The maximum atomic E-state index is 15.1. The molecule has 1 aliphatic rings. The van der Waals surface area contributed by atoms with Crippen molar-refractivity contribution in [2.24, 2.45) is 16.8 Å². The summed E-state index contributed by atoms with van der Waals surface area (Å²) in [6, 6.07) is 6.02. The number of nitriles is 1. The van der Waals surface area contributed by atoms with Crippen molar-refractivity contribution in [3.8, 4) is 18.4 Å². The van der Waals surface area contributed by atoms with Gasteiger partial charge in [-0.3, -0.25) is 4.99 Å². The molecule has 3 atom stereocenters. The smallest absolute Gasteiger partial charge is 0.251 e. The normalized spacial score (nSPS) is 21.6. The van der Waals surface area contributed by atoms with E-state index >= 15 is 8.78 Å². The minimum atomic E-state index is -3.05. The van der Waals surface area contributed by atoms with Crippen LogP contribution in [0.4, 0.5) is 18.9 Å². The highest BCUT2D eigenvalue weighted by molar-refractivity contribution is 5.89. The molecule has 0 amide bonds. The standard InChI is InChI=1S/C23H28F3N3O/c1-5-22(30,6-2)10-11-23(25,26)16(3)19-15-29(12-9-21(19)28-4)18-7-8-20(24)17(13-18)14-27/h1,7-8,13,16,19,30H,6,9-12,15H2,2-4H3. The first-order chi connectivity index (χ1) is 14.1. The van der Waals surface area contributed by atoms with Gasteiger partial charge >= 0.3 is 0 Å². The summed E-state index contributed by atoms with van der Waals surface area (Å²) >= 11 is 0. The fraction of sp³-hybridized carbons (Fsp3) is 0.565. The van der Waals surface area contributed by atoms with E-state index in [0.717, 1.165) is 0 Å². The lowest BCUT2D eigenvalue weighted by Crippen LogP contribution is -2.48. The fourth-order valence-corrected chi connectivity index (χ4v) is 3.87. The number of benzene rings is 1. The molecule has 1 aliphatic heterocycles. The molecule has 162 valence electrons. The third-order valence-electron chi connectivity index (χ3n) is 6.20. The molecule has 2 rings (SSSR count). The summed E-state index contributed by atoms with van der Waals surface area (Å²) in [4.78, 5) is 6.13. The van der Waals surface area contributed by atoms with Gasteiger partial charge in [-0.25, -0.2) is 13.2 Å². The Morgan fingerprint density at radius 2 is 2.10 bits per heavy atom. The molecule has 1 N–H and O–H groups in total. The van der Waals surface area contributed by atoms with Crippen molar-refractivity contribution in [3.05, 3.63) is 29.6 Å². The van der Waals surface area contributed by atoms with Gasteiger partial charge < -0.3 is 10.0 Å². The van der Waals surface area contributed by atoms with E-state index in [1.807, 2.05) is 11.0 Å². The van der Waals surface area contributed by atoms with Crippen LogP contribution in [0.1, 0.15) is 45.1 Å². The molecule has 1 fully saturated rings. The molecular formula is C23H28F3N3O. The van der Waals surface area contributed by atoms with Gasteiger partial charge in [0, 0.05) is 56.2 Å². The maximum Gasteiger partial charge on any atom is 0.251 e. The molecule has 3 unspecified atom stereocenters. The van der Waals surface area contributed by atoms with Crippen molar-refractivity contribution in [1.82, 2.24) is 0 Å². The zero-order valence-corrected chi connectivity index (χ0v) is 17.6. The van der Waals surface area contributed by atoms with Crippen LogP contribution in [0.3, 0.4) is 0 Å². The Balaban J connectivity index is 2.22. The molecule has 0 aromatic heterocycles. The van der Waals surface area contributed by atoms with E-state index in [4.69, 9.17) is 11.7 Å². The molecule has 1 aromatic carbocycles. The van der Waals surface area contributed by atoms with Crippen LogP contribution in [0.25, 0.3) is 0 Å². The Morgan fingerprint density at radius 1 is 1.40 bits per heavy atom. The van der Waals surface area contributed by atoms with Gasteiger partial charge in [-0.15, -0.1) is 6.42 Å². The highest BCUT2D eigenvalue weighted by atomic mass is 19.3. The highest BCUT2D eigenvalue weighted by Gasteiger charge is 2.45. The maximum absolute atomic E-state index is 15.1. The van der Waals surface area contributed by atoms with Crippen LogP contribution in [0, 0.1) is 41.3 Å². The summed E-state index contributed by atoms with van der Waals surface area (Å²) in [5, 5.41) is 19.3. The summed E-state index contributed by atoms with van der Waals surface area (Å²) < 4.78 is 43.8. The van der Waals surface area contributed by atoms with Crippen molar-refractivity contribution >= 4 is 11.4 Å². The van der Waals surface area contributed by atoms with Gasteiger partial charge in [0.15, 0.2) is 0 Å². The quantitative estimate of drug-likeness (QED) is 0.666. The second-order valence-corrected chi connectivity index (χ2v) is 7.87. The van der Waals surface area contributed by atoms with Crippen molar-refractivity contribution in [1.29, 1.82) is 5.26 Å². The Hall–Kier alpha value is -2.51. The van der Waals surface area contributed by atoms with Gasteiger partial charge in [-0.1, -0.05) is 19.8 Å². The first kappa shape index (κ1) is 23.8. The van der Waals surface area contributed by atoms with Crippen LogP contribution >= 0.6 is 0 Å². The SMILES string of the molecule is C#CC(O)(CC)CCC(F)(F)C(C)C1CN(c2ccc(F)c(C#N)c2)CCC1=NC. The second-order valence-electron chi connectivity index (χ2n) is 7.87. The number of rotatable bonds is 7. The number of aliphatic imine (C=N–C) groups is 1. The zero-order chi connectivity index (χ0) is 22.5. The van der Waals surface area contributed by atoms with Gasteiger partial charge in [-0.05, 0) is 31.0 Å². The zero-order valence-electron chi connectivity index (χ0n) is 17.6. The fourth-order valence-electron chi connectivity index (χ4n) is 3.87. The van der Waals surface area contributed by atoms with Crippen LogP contribution in [0.5, 0.6) is 0 Å². The molecule has 1 saturated heterocycles. The first-order valence-corrected chi connectivity index (χ1v) is 10.1. The second kappa shape index (κ2) is 9.53. The van der Waals surface area contributed by atoms with E-state index in [0.29, 0.717) is 24.4 Å². The largest absolute Gasteiger partial charge is 0.378 e. The van der Waals surface area contributed by atoms with E-state index in [1.165, 1.54) is 19.1 Å². The van der Waals surface area contributed by atoms with E-state index < -0.39 is 35.6 Å². The monoisotopic (exact) mass is 419 g/mol. The third-order valence-corrected chi connectivity index (χ3v) is 6.20. The topological polar surface area (TPSA) is 59.6 Å². The number of hydrogen-bond acceptors (Lipinski definition) is 4. The van der Waals surface area contributed by atoms with Gasteiger partial charge in [0.1, 0.15) is 17.5 Å². The molecule has 0 spiro atoms. The van der Waals surface area contributed by atoms with Crippen molar-refractivity contribution in [2.45, 2.75) is 51.1 Å². The van der Waals surface area contributed by atoms with E-state index in [1.54, 1.807) is 20.0 Å². The molecule has 4 nitrogen and oxygen atoms in total. The summed E-state index contributed by atoms with van der Waals surface area (Å²) in [6.07, 6.45) is 5.31. The predicted octanol–water partition coefficient (Wildman–Crippen LogP) is 4.42. The number of alkyl halides is 2. The predicted molar refractivity (Wildman–Crippen MR) is 112 cm³/mol. The van der Waals surface area contributed by atoms with E-state index in [-0.39, 0.29) is 24.9 Å². The molecule has 0 aliphatic carbocycles. The molecule has 1 aromatic rings. The first-order valence-electron chi connectivity index (χ1n) is 10.1. The number of aliphatic hydroxyl groups is 1. The van der Waals surface area contributed by atoms with Crippen molar-refractivity contribution in [2.75, 3.05) is 25.0 Å². The number of nitrogens with zero attached hydrogens (tertiary/aromatic N) is 3. The molecule has 0 saturated carbocycles. The average Bonchev–Trinajstić information content (AvgIpc) is 2.76. The van der Waals surface area contributed by atoms with Gasteiger partial charge in [0.2, 0.25) is 0 Å². The van der Waals surface area contributed by atoms with Gasteiger partial charge in [0.05, 0.1) is 5.56 Å². The van der Waals surface area contributed by atoms with E-state index in [9.17, 15) is 9.50 Å². The molecule has 7 heteroatoms. The Kier molecular flexibility index (Phi) is 7.55. The lowest BCUT2D eigenvalue weighted by atomic mass is 9.78. The third kappa shape index (κ3) is 5.15. The van der Waals surface area contributed by atoms with Crippen LogP contribution in [0.15, 0.2) is 23.2 Å². The summed E-state index contributed by atoms with van der Waals surface area (Å²) in [5.41, 5.74) is -0.281. The van der Waals surface area contributed by atoms with Crippen molar-refractivity contribution in [3.63, 3.8) is 0 Å². The number of piperidine rings is 1. The minimum Gasteiger partial charge on any atom is -0.378 e. The molecule has 1 heterocycles. The lowest BCUT2D eigenvalue weighted by molar-refractivity contribution is -0.0832. The average molecular weight is 419 g/mol. The number of halogens is 3. The number of anilines is 1. The Labute approximate surface area is 176 Å². The number of hydrogen-bond donors (Lipinski definition) is 1. The van der Waals surface area contributed by atoms with Crippen LogP contribution in [-0.4, -0.2) is 42.5 Å². The Bertz CT molecular complexity index is 871. The molecule has 0 bridgehead atoms. The summed E-state index contributed by atoms with van der Waals surface area (Å²) in [7, 11) is 1.60. The van der Waals surface area contributed by atoms with Crippen LogP contribution in [0.2, 0.25) is 0 Å². The van der Waals surface area contributed by atoms with Gasteiger partial charge in [0.25, 0.3) is 5.92 Å². The number of terminal acetylenes is 1. The molecule has 30 heavy (non-hydrogen) atoms. The highest BCUT2D eigenvalue weighted by Crippen LogP contribution is 2.39. The lowest BCUT2D eigenvalue weighted by Gasteiger charge is -2.40. The summed E-state index contributed by atoms with van der Waals surface area (Å²) in [6.45, 7) is 3.99. The molecular weight excluding hydrogens is 391 g/mol. The van der Waals surface area contributed by atoms with E-state index in [2.05, 4.69) is 10.9 Å². The molecule has 0 radical (unpaired) electrons. The summed E-state index contributed by atoms with van der Waals surface area (Å²) in [5.74, 6) is -3.00. The Morgan fingerprint density at radius 3 is 2.67 bits per heavy atom. The van der Waals surface area contributed by atoms with Crippen molar-refractivity contribution < 1.29 is 18.3 Å². The van der Waals surface area contributed by atoms with Gasteiger partial charge in [-0.2, -0.15) is 5.26 Å².